The molecule has 2 rings (SSSR count). The van der Waals surface area contributed by atoms with Crippen LogP contribution in [0.1, 0.15) is 25.3 Å². The van der Waals surface area contributed by atoms with E-state index >= 15 is 0 Å². The second kappa shape index (κ2) is 7.48. The Morgan fingerprint density at radius 2 is 2.25 bits per heavy atom. The van der Waals surface area contributed by atoms with Crippen molar-refractivity contribution in [1.82, 2.24) is 5.32 Å². The molecule has 1 fully saturated rings. The van der Waals surface area contributed by atoms with Crippen molar-refractivity contribution in [2.24, 2.45) is 5.92 Å². The lowest BCUT2D eigenvalue weighted by molar-refractivity contribution is 0.181. The SMILES string of the molecule is CCNC(Cc1c(F)ccc(Br)c1F)CC1CCOC1. The van der Waals surface area contributed by atoms with Gasteiger partial charge in [0.25, 0.3) is 0 Å². The van der Waals surface area contributed by atoms with Gasteiger partial charge in [0.15, 0.2) is 0 Å². The smallest absolute Gasteiger partial charge is 0.143 e. The van der Waals surface area contributed by atoms with Gasteiger partial charge in [0.2, 0.25) is 0 Å². The van der Waals surface area contributed by atoms with Crippen molar-refractivity contribution in [3.8, 4) is 0 Å². The molecule has 1 saturated heterocycles. The maximum Gasteiger partial charge on any atom is 0.143 e. The van der Waals surface area contributed by atoms with E-state index in [1.54, 1.807) is 0 Å². The van der Waals surface area contributed by atoms with Crippen molar-refractivity contribution in [3.05, 3.63) is 33.8 Å². The van der Waals surface area contributed by atoms with Gasteiger partial charge >= 0.3 is 0 Å². The Bertz CT molecular complexity index is 450. The van der Waals surface area contributed by atoms with Crippen LogP contribution in [0.15, 0.2) is 16.6 Å². The molecule has 1 N–H and O–H groups in total. The molecule has 1 aliphatic heterocycles. The molecular formula is C15H20BrF2NO. The number of rotatable bonds is 6. The third-order valence-electron chi connectivity index (χ3n) is 3.72. The molecule has 0 aliphatic carbocycles. The molecule has 2 unspecified atom stereocenters. The average molecular weight is 348 g/mol. The number of hydrogen-bond acceptors (Lipinski definition) is 2. The van der Waals surface area contributed by atoms with Gasteiger partial charge in [0, 0.05) is 24.8 Å². The standard InChI is InChI=1S/C15H20BrF2NO/c1-2-19-11(7-10-5-6-20-9-10)8-12-14(17)4-3-13(16)15(12)18/h3-4,10-11,19H,2,5-9H2,1H3. The van der Waals surface area contributed by atoms with Gasteiger partial charge in [-0.3, -0.25) is 0 Å². The molecule has 0 bridgehead atoms. The summed E-state index contributed by atoms with van der Waals surface area (Å²) in [7, 11) is 0. The third-order valence-corrected chi connectivity index (χ3v) is 4.34. The van der Waals surface area contributed by atoms with E-state index < -0.39 is 11.6 Å². The van der Waals surface area contributed by atoms with Crippen molar-refractivity contribution in [2.75, 3.05) is 19.8 Å². The van der Waals surface area contributed by atoms with E-state index in [1.165, 1.54) is 12.1 Å². The number of benzene rings is 1. The fourth-order valence-electron chi connectivity index (χ4n) is 2.70. The molecule has 0 saturated carbocycles. The van der Waals surface area contributed by atoms with Crippen LogP contribution in [0.4, 0.5) is 8.78 Å². The van der Waals surface area contributed by atoms with Crippen LogP contribution < -0.4 is 5.32 Å². The highest BCUT2D eigenvalue weighted by molar-refractivity contribution is 9.10. The van der Waals surface area contributed by atoms with Crippen molar-refractivity contribution < 1.29 is 13.5 Å². The Balaban J connectivity index is 2.08. The quantitative estimate of drug-likeness (QED) is 0.792. The van der Waals surface area contributed by atoms with Crippen LogP contribution in [0.5, 0.6) is 0 Å². The Hall–Kier alpha value is -0.520. The largest absolute Gasteiger partial charge is 0.381 e. The Morgan fingerprint density at radius 1 is 1.45 bits per heavy atom. The fraction of sp³-hybridized carbons (Fsp3) is 0.600. The molecule has 1 aliphatic rings. The summed E-state index contributed by atoms with van der Waals surface area (Å²) in [4.78, 5) is 0. The lowest BCUT2D eigenvalue weighted by Crippen LogP contribution is -2.33. The first kappa shape index (κ1) is 15.9. The van der Waals surface area contributed by atoms with Gasteiger partial charge in [-0.1, -0.05) is 6.92 Å². The molecule has 0 aromatic heterocycles. The van der Waals surface area contributed by atoms with Crippen LogP contribution in [-0.2, 0) is 11.2 Å². The van der Waals surface area contributed by atoms with Crippen molar-refractivity contribution in [2.45, 2.75) is 32.2 Å². The summed E-state index contributed by atoms with van der Waals surface area (Å²) in [6.45, 7) is 4.34. The molecule has 0 amide bonds. The summed E-state index contributed by atoms with van der Waals surface area (Å²) in [5, 5.41) is 3.33. The van der Waals surface area contributed by atoms with E-state index in [0.717, 1.165) is 32.6 Å². The molecule has 0 radical (unpaired) electrons. The monoisotopic (exact) mass is 347 g/mol. The lowest BCUT2D eigenvalue weighted by atomic mass is 9.94. The number of halogens is 3. The van der Waals surface area contributed by atoms with Crippen LogP contribution in [-0.4, -0.2) is 25.8 Å². The minimum absolute atomic E-state index is 0.0741. The van der Waals surface area contributed by atoms with E-state index in [4.69, 9.17) is 4.74 Å². The molecular weight excluding hydrogens is 328 g/mol. The van der Waals surface area contributed by atoms with E-state index in [9.17, 15) is 8.78 Å². The molecule has 1 aromatic rings. The van der Waals surface area contributed by atoms with Crippen molar-refractivity contribution >= 4 is 15.9 Å². The number of hydrogen-bond donors (Lipinski definition) is 1. The molecule has 2 nitrogen and oxygen atoms in total. The highest BCUT2D eigenvalue weighted by atomic mass is 79.9. The van der Waals surface area contributed by atoms with Crippen molar-refractivity contribution in [3.63, 3.8) is 0 Å². The van der Waals surface area contributed by atoms with Gasteiger partial charge in [-0.25, -0.2) is 8.78 Å². The second-order valence-electron chi connectivity index (χ2n) is 5.25. The van der Waals surface area contributed by atoms with Crippen LogP contribution in [0.2, 0.25) is 0 Å². The van der Waals surface area contributed by atoms with E-state index in [-0.39, 0.29) is 11.6 Å². The Kier molecular flexibility index (Phi) is 5.93. The molecule has 5 heteroatoms. The molecule has 0 spiro atoms. The third kappa shape index (κ3) is 3.99. The number of ether oxygens (including phenoxy) is 1. The molecule has 112 valence electrons. The van der Waals surface area contributed by atoms with E-state index in [2.05, 4.69) is 21.2 Å². The van der Waals surface area contributed by atoms with Crippen LogP contribution in [0, 0.1) is 17.6 Å². The average Bonchev–Trinajstić information content (AvgIpc) is 2.92. The zero-order valence-corrected chi connectivity index (χ0v) is 13.2. The predicted octanol–water partition coefficient (Wildman–Crippen LogP) is 3.67. The molecule has 1 heterocycles. The molecule has 20 heavy (non-hydrogen) atoms. The first-order chi connectivity index (χ1) is 9.61. The Labute approximate surface area is 127 Å². The maximum atomic E-state index is 14.0. The minimum Gasteiger partial charge on any atom is -0.381 e. The lowest BCUT2D eigenvalue weighted by Gasteiger charge is -2.21. The number of nitrogens with one attached hydrogen (secondary N) is 1. The van der Waals surface area contributed by atoms with Crippen LogP contribution in [0.3, 0.4) is 0 Å². The van der Waals surface area contributed by atoms with Crippen molar-refractivity contribution in [1.29, 1.82) is 0 Å². The van der Waals surface area contributed by atoms with Gasteiger partial charge < -0.3 is 10.1 Å². The van der Waals surface area contributed by atoms with Crippen LogP contribution in [0.25, 0.3) is 0 Å². The highest BCUT2D eigenvalue weighted by Gasteiger charge is 2.23. The zero-order valence-electron chi connectivity index (χ0n) is 11.6. The first-order valence-electron chi connectivity index (χ1n) is 7.05. The summed E-state index contributed by atoms with van der Waals surface area (Å²) in [5.41, 5.74) is 0.157. The zero-order chi connectivity index (χ0) is 14.5. The highest BCUT2D eigenvalue weighted by Crippen LogP contribution is 2.25. The topological polar surface area (TPSA) is 21.3 Å². The van der Waals surface area contributed by atoms with Gasteiger partial charge in [-0.05, 0) is 59.8 Å². The summed E-state index contributed by atoms with van der Waals surface area (Å²) >= 11 is 3.12. The van der Waals surface area contributed by atoms with Gasteiger partial charge in [-0.15, -0.1) is 0 Å². The van der Waals surface area contributed by atoms with Gasteiger partial charge in [0.05, 0.1) is 4.47 Å². The fourth-order valence-corrected chi connectivity index (χ4v) is 3.07. The van der Waals surface area contributed by atoms with Gasteiger partial charge in [-0.2, -0.15) is 0 Å². The first-order valence-corrected chi connectivity index (χ1v) is 7.84. The minimum atomic E-state index is -0.490. The normalized spacial score (nSPS) is 20.3. The number of likely N-dealkylation sites (N-methyl/N-ethyl adjacent to an activating group) is 1. The van der Waals surface area contributed by atoms with Crippen LogP contribution >= 0.6 is 15.9 Å². The second-order valence-corrected chi connectivity index (χ2v) is 6.10. The maximum absolute atomic E-state index is 14.0. The molecule has 2 atom stereocenters. The van der Waals surface area contributed by atoms with E-state index in [1.807, 2.05) is 6.92 Å². The Morgan fingerprint density at radius 3 is 2.90 bits per heavy atom. The summed E-state index contributed by atoms with van der Waals surface area (Å²) in [6.07, 6.45) is 2.28. The summed E-state index contributed by atoms with van der Waals surface area (Å²) < 4.78 is 33.6. The summed E-state index contributed by atoms with van der Waals surface area (Å²) in [6, 6.07) is 2.79. The van der Waals surface area contributed by atoms with Gasteiger partial charge in [0.1, 0.15) is 11.6 Å². The predicted molar refractivity (Wildman–Crippen MR) is 78.8 cm³/mol. The molecule has 1 aromatic carbocycles. The van der Waals surface area contributed by atoms with E-state index in [0.29, 0.717) is 16.8 Å². The summed E-state index contributed by atoms with van der Waals surface area (Å²) in [5.74, 6) is -0.482.